The van der Waals surface area contributed by atoms with Gasteiger partial charge in [0.05, 0.1) is 27.0 Å². The van der Waals surface area contributed by atoms with E-state index < -0.39 is 0 Å². The second kappa shape index (κ2) is 10.2. The molecule has 174 valence electrons. The van der Waals surface area contributed by atoms with Gasteiger partial charge in [0.25, 0.3) is 5.91 Å². The molecule has 1 aliphatic heterocycles. The number of aromatic nitrogens is 1. The number of hydrogen-bond donors (Lipinski definition) is 0. The van der Waals surface area contributed by atoms with E-state index in [0.717, 1.165) is 41.6 Å². The van der Waals surface area contributed by atoms with Crippen molar-refractivity contribution in [1.29, 1.82) is 0 Å². The predicted molar refractivity (Wildman–Crippen MR) is 130 cm³/mol. The number of ether oxygens (including phenoxy) is 3. The molecule has 4 rings (SSSR count). The largest absolute Gasteiger partial charge is 0.497 e. The van der Waals surface area contributed by atoms with Crippen molar-refractivity contribution in [1.82, 2.24) is 14.8 Å². The summed E-state index contributed by atoms with van der Waals surface area (Å²) in [5, 5.41) is 0.801. The number of carbonyl (C=O) groups excluding carboxylic acids is 1. The van der Waals surface area contributed by atoms with Gasteiger partial charge in [-0.25, -0.2) is 4.98 Å². The maximum Gasteiger partial charge on any atom is 0.265 e. The topological polar surface area (TPSA) is 64.1 Å². The molecule has 8 heteroatoms. The first-order valence-electron chi connectivity index (χ1n) is 10.9. The Morgan fingerprint density at radius 1 is 0.939 bits per heavy atom. The minimum Gasteiger partial charge on any atom is -0.497 e. The summed E-state index contributed by atoms with van der Waals surface area (Å²) in [4.78, 5) is 22.9. The lowest BCUT2D eigenvalue weighted by atomic mass is 10.2. The summed E-state index contributed by atoms with van der Waals surface area (Å²) in [6.07, 6.45) is 0. The van der Waals surface area contributed by atoms with Crippen LogP contribution in [0.5, 0.6) is 17.2 Å². The molecule has 1 aromatic heterocycles. The van der Waals surface area contributed by atoms with Gasteiger partial charge in [-0.2, -0.15) is 0 Å². The van der Waals surface area contributed by atoms with Gasteiger partial charge in [0.1, 0.15) is 15.6 Å². The van der Waals surface area contributed by atoms with Gasteiger partial charge in [-0.05, 0) is 42.8 Å². The SMILES string of the molecule is COc1ccc(CN2CCN(C(=O)c3sc(-c4ccc(OC)c(OC)c4)nc3C)CC2)cc1. The van der Waals surface area contributed by atoms with E-state index in [1.165, 1.54) is 16.9 Å². The average Bonchev–Trinajstić information content (AvgIpc) is 3.25. The van der Waals surface area contributed by atoms with Crippen molar-refractivity contribution in [2.24, 2.45) is 0 Å². The molecule has 2 heterocycles. The van der Waals surface area contributed by atoms with Gasteiger partial charge in [-0.3, -0.25) is 9.69 Å². The van der Waals surface area contributed by atoms with Crippen LogP contribution < -0.4 is 14.2 Å². The molecule has 0 unspecified atom stereocenters. The highest BCUT2D eigenvalue weighted by molar-refractivity contribution is 7.17. The van der Waals surface area contributed by atoms with Crippen LogP contribution in [0.15, 0.2) is 42.5 Å². The van der Waals surface area contributed by atoms with Gasteiger partial charge in [-0.15, -0.1) is 11.3 Å². The van der Waals surface area contributed by atoms with Crippen molar-refractivity contribution in [3.8, 4) is 27.8 Å². The monoisotopic (exact) mass is 467 g/mol. The molecule has 1 saturated heterocycles. The van der Waals surface area contributed by atoms with Gasteiger partial charge in [0.15, 0.2) is 11.5 Å². The summed E-state index contributed by atoms with van der Waals surface area (Å²) in [5.41, 5.74) is 2.91. The molecule has 0 N–H and O–H groups in total. The fourth-order valence-corrected chi connectivity index (χ4v) is 4.96. The summed E-state index contributed by atoms with van der Waals surface area (Å²) in [7, 11) is 4.89. The third kappa shape index (κ3) is 5.12. The van der Waals surface area contributed by atoms with Crippen LogP contribution in [0.3, 0.4) is 0 Å². The number of thiazole rings is 1. The Morgan fingerprint density at radius 2 is 1.64 bits per heavy atom. The zero-order valence-electron chi connectivity index (χ0n) is 19.5. The van der Waals surface area contributed by atoms with Gasteiger partial charge < -0.3 is 19.1 Å². The maximum atomic E-state index is 13.2. The minimum atomic E-state index is 0.0563. The number of nitrogens with zero attached hydrogens (tertiary/aromatic N) is 3. The number of aryl methyl sites for hydroxylation is 1. The number of rotatable bonds is 7. The van der Waals surface area contributed by atoms with Crippen molar-refractivity contribution >= 4 is 17.2 Å². The number of carbonyl (C=O) groups is 1. The van der Waals surface area contributed by atoms with E-state index in [1.807, 2.05) is 42.2 Å². The van der Waals surface area contributed by atoms with Crippen LogP contribution in [-0.2, 0) is 6.54 Å². The normalized spacial score (nSPS) is 14.2. The summed E-state index contributed by atoms with van der Waals surface area (Å²) in [6, 6.07) is 13.8. The molecular weight excluding hydrogens is 438 g/mol. The summed E-state index contributed by atoms with van der Waals surface area (Å²) in [6.45, 7) is 5.87. The van der Waals surface area contributed by atoms with Crippen molar-refractivity contribution in [2.75, 3.05) is 47.5 Å². The van der Waals surface area contributed by atoms with Crippen LogP contribution in [0.4, 0.5) is 0 Å². The van der Waals surface area contributed by atoms with E-state index in [2.05, 4.69) is 22.0 Å². The zero-order valence-corrected chi connectivity index (χ0v) is 20.3. The van der Waals surface area contributed by atoms with Crippen molar-refractivity contribution in [2.45, 2.75) is 13.5 Å². The fraction of sp³-hybridized carbons (Fsp3) is 0.360. The minimum absolute atomic E-state index is 0.0563. The van der Waals surface area contributed by atoms with Gasteiger partial charge in [0, 0.05) is 38.3 Å². The summed E-state index contributed by atoms with van der Waals surface area (Å²) >= 11 is 1.43. The molecular formula is C25H29N3O4S. The molecule has 1 amide bonds. The van der Waals surface area contributed by atoms with Gasteiger partial charge in [0.2, 0.25) is 0 Å². The molecule has 0 radical (unpaired) electrons. The highest BCUT2D eigenvalue weighted by atomic mass is 32.1. The molecule has 3 aromatic rings. The van der Waals surface area contributed by atoms with E-state index >= 15 is 0 Å². The Bertz CT molecular complexity index is 1110. The first-order valence-corrected chi connectivity index (χ1v) is 11.7. The highest BCUT2D eigenvalue weighted by Gasteiger charge is 2.26. The van der Waals surface area contributed by atoms with E-state index in [-0.39, 0.29) is 5.91 Å². The molecule has 0 atom stereocenters. The van der Waals surface area contributed by atoms with Crippen molar-refractivity contribution in [3.05, 3.63) is 58.6 Å². The Balaban J connectivity index is 1.40. The number of amides is 1. The highest BCUT2D eigenvalue weighted by Crippen LogP contribution is 2.35. The molecule has 33 heavy (non-hydrogen) atoms. The van der Waals surface area contributed by atoms with Crippen LogP contribution in [0.25, 0.3) is 10.6 Å². The Kier molecular flexibility index (Phi) is 7.15. The zero-order chi connectivity index (χ0) is 23.4. The quantitative estimate of drug-likeness (QED) is 0.521. The number of hydrogen-bond acceptors (Lipinski definition) is 7. The first-order chi connectivity index (χ1) is 16.0. The predicted octanol–water partition coefficient (Wildman–Crippen LogP) is 4.10. The van der Waals surface area contributed by atoms with Crippen LogP contribution in [0.1, 0.15) is 20.9 Å². The smallest absolute Gasteiger partial charge is 0.265 e. The van der Waals surface area contributed by atoms with E-state index in [0.29, 0.717) is 29.5 Å². The fourth-order valence-electron chi connectivity index (χ4n) is 3.93. The second-order valence-corrected chi connectivity index (χ2v) is 8.92. The van der Waals surface area contributed by atoms with E-state index in [1.54, 1.807) is 21.3 Å². The van der Waals surface area contributed by atoms with Crippen molar-refractivity contribution in [3.63, 3.8) is 0 Å². The van der Waals surface area contributed by atoms with Crippen LogP contribution >= 0.6 is 11.3 Å². The Labute approximate surface area is 198 Å². The first kappa shape index (κ1) is 23.1. The molecule has 1 fully saturated rings. The molecule has 0 saturated carbocycles. The maximum absolute atomic E-state index is 13.2. The lowest BCUT2D eigenvalue weighted by Gasteiger charge is -2.34. The molecule has 7 nitrogen and oxygen atoms in total. The second-order valence-electron chi connectivity index (χ2n) is 7.92. The Morgan fingerprint density at radius 3 is 2.27 bits per heavy atom. The lowest BCUT2D eigenvalue weighted by Crippen LogP contribution is -2.48. The van der Waals surface area contributed by atoms with Crippen LogP contribution in [-0.4, -0.2) is 68.2 Å². The van der Waals surface area contributed by atoms with Crippen LogP contribution in [0.2, 0.25) is 0 Å². The number of benzene rings is 2. The molecule has 0 aliphatic carbocycles. The standard InChI is InChI=1S/C25H29N3O4S/c1-17-23(33-24(26-17)19-7-10-21(31-3)22(15-19)32-4)25(29)28-13-11-27(12-14-28)16-18-5-8-20(30-2)9-6-18/h5-10,15H,11-14,16H2,1-4H3. The molecule has 0 bridgehead atoms. The molecule has 0 spiro atoms. The molecule has 2 aromatic carbocycles. The van der Waals surface area contributed by atoms with E-state index in [9.17, 15) is 4.79 Å². The third-order valence-corrected chi connectivity index (χ3v) is 7.04. The summed E-state index contributed by atoms with van der Waals surface area (Å²) in [5.74, 6) is 2.23. The third-order valence-electron chi connectivity index (χ3n) is 5.85. The van der Waals surface area contributed by atoms with Gasteiger partial charge in [-0.1, -0.05) is 12.1 Å². The lowest BCUT2D eigenvalue weighted by molar-refractivity contribution is 0.0632. The molecule has 1 aliphatic rings. The average molecular weight is 468 g/mol. The summed E-state index contributed by atoms with van der Waals surface area (Å²) < 4.78 is 16.0. The van der Waals surface area contributed by atoms with Gasteiger partial charge >= 0.3 is 0 Å². The number of methoxy groups -OCH3 is 3. The van der Waals surface area contributed by atoms with Crippen molar-refractivity contribution < 1.29 is 19.0 Å². The number of piperazine rings is 1. The Hall–Kier alpha value is -3.10. The van der Waals surface area contributed by atoms with Crippen LogP contribution in [0, 0.1) is 6.92 Å². The van der Waals surface area contributed by atoms with E-state index in [4.69, 9.17) is 14.2 Å².